The molecule has 1 aromatic heterocycles. The van der Waals surface area contributed by atoms with Crippen molar-refractivity contribution >= 4 is 23.5 Å². The molecule has 0 spiro atoms. The van der Waals surface area contributed by atoms with Crippen molar-refractivity contribution in [1.29, 1.82) is 0 Å². The Morgan fingerprint density at radius 2 is 1.79 bits per heavy atom. The van der Waals surface area contributed by atoms with E-state index < -0.39 is 0 Å². The van der Waals surface area contributed by atoms with E-state index in [1.165, 1.54) is 12.3 Å². The summed E-state index contributed by atoms with van der Waals surface area (Å²) in [6, 6.07) is 15.7. The van der Waals surface area contributed by atoms with Crippen LogP contribution in [0.5, 0.6) is 0 Å². The first-order valence-corrected chi connectivity index (χ1v) is 9.32. The standard InChI is InChI=1S/C21H20ClFN4O/c22-17-7-5-15(6-8-17)9-12-25-21-26-14-11-19(27-21)20(28)24-13-10-16-3-1-2-4-18(16)23/h1-8,11,14H,9-10,12-13H2,(H,24,28)(H,25,26,27). The summed E-state index contributed by atoms with van der Waals surface area (Å²) >= 11 is 5.88. The van der Waals surface area contributed by atoms with Gasteiger partial charge in [-0.3, -0.25) is 4.79 Å². The van der Waals surface area contributed by atoms with E-state index in [9.17, 15) is 9.18 Å². The molecule has 2 N–H and O–H groups in total. The van der Waals surface area contributed by atoms with Gasteiger partial charge in [0.05, 0.1) is 0 Å². The Morgan fingerprint density at radius 3 is 2.57 bits per heavy atom. The summed E-state index contributed by atoms with van der Waals surface area (Å²) in [5.41, 5.74) is 1.96. The summed E-state index contributed by atoms with van der Waals surface area (Å²) in [5.74, 6) is -0.207. The van der Waals surface area contributed by atoms with Crippen LogP contribution in [0.1, 0.15) is 21.6 Å². The lowest BCUT2D eigenvalue weighted by molar-refractivity contribution is 0.0949. The van der Waals surface area contributed by atoms with Gasteiger partial charge >= 0.3 is 0 Å². The maximum absolute atomic E-state index is 13.6. The Bertz CT molecular complexity index is 934. The number of carbonyl (C=O) groups excluding carboxylic acids is 1. The van der Waals surface area contributed by atoms with Gasteiger partial charge in [0.2, 0.25) is 5.95 Å². The molecule has 3 rings (SSSR count). The first-order chi connectivity index (χ1) is 13.6. The molecule has 0 aliphatic heterocycles. The number of amides is 1. The van der Waals surface area contributed by atoms with Crippen LogP contribution in [0.2, 0.25) is 5.02 Å². The minimum atomic E-state index is -0.320. The summed E-state index contributed by atoms with van der Waals surface area (Å²) < 4.78 is 13.6. The van der Waals surface area contributed by atoms with Crippen LogP contribution in [-0.2, 0) is 12.8 Å². The molecule has 0 unspecified atom stereocenters. The van der Waals surface area contributed by atoms with Crippen molar-refractivity contribution < 1.29 is 9.18 Å². The van der Waals surface area contributed by atoms with Crippen molar-refractivity contribution in [3.05, 3.63) is 88.5 Å². The molecule has 144 valence electrons. The van der Waals surface area contributed by atoms with E-state index in [1.54, 1.807) is 24.3 Å². The van der Waals surface area contributed by atoms with E-state index in [0.29, 0.717) is 36.0 Å². The summed E-state index contributed by atoms with van der Waals surface area (Å²) in [6.07, 6.45) is 2.72. The van der Waals surface area contributed by atoms with E-state index in [-0.39, 0.29) is 17.4 Å². The lowest BCUT2D eigenvalue weighted by Gasteiger charge is -2.08. The molecule has 3 aromatic rings. The number of benzene rings is 2. The van der Waals surface area contributed by atoms with Gasteiger partial charge < -0.3 is 10.6 Å². The number of nitrogens with zero attached hydrogens (tertiary/aromatic N) is 2. The molecule has 0 bridgehead atoms. The molecule has 0 saturated carbocycles. The smallest absolute Gasteiger partial charge is 0.270 e. The fraction of sp³-hybridized carbons (Fsp3) is 0.190. The zero-order chi connectivity index (χ0) is 19.8. The van der Waals surface area contributed by atoms with E-state index in [2.05, 4.69) is 20.6 Å². The molecule has 0 radical (unpaired) electrons. The second-order valence-corrected chi connectivity index (χ2v) is 6.60. The van der Waals surface area contributed by atoms with Gasteiger partial charge in [0.25, 0.3) is 5.91 Å². The molecule has 0 fully saturated rings. The molecule has 5 nitrogen and oxygen atoms in total. The molecule has 0 aliphatic rings. The van der Waals surface area contributed by atoms with Gasteiger partial charge in [-0.15, -0.1) is 0 Å². The number of nitrogens with one attached hydrogen (secondary N) is 2. The Labute approximate surface area is 168 Å². The van der Waals surface area contributed by atoms with Crippen LogP contribution in [-0.4, -0.2) is 29.0 Å². The minimum absolute atomic E-state index is 0.262. The summed E-state index contributed by atoms with van der Waals surface area (Å²) in [5, 5.41) is 6.56. The highest BCUT2D eigenvalue weighted by atomic mass is 35.5. The number of rotatable bonds is 8. The summed E-state index contributed by atoms with van der Waals surface area (Å²) in [4.78, 5) is 20.6. The molecule has 1 heterocycles. The number of hydrogen-bond donors (Lipinski definition) is 2. The molecule has 28 heavy (non-hydrogen) atoms. The zero-order valence-electron chi connectivity index (χ0n) is 15.2. The van der Waals surface area contributed by atoms with Crippen LogP contribution < -0.4 is 10.6 Å². The Morgan fingerprint density at radius 1 is 1.00 bits per heavy atom. The normalized spacial score (nSPS) is 10.5. The monoisotopic (exact) mass is 398 g/mol. The van der Waals surface area contributed by atoms with Gasteiger partial charge in [-0.05, 0) is 48.2 Å². The molecule has 0 atom stereocenters. The third kappa shape index (κ3) is 5.76. The van der Waals surface area contributed by atoms with E-state index >= 15 is 0 Å². The van der Waals surface area contributed by atoms with Crippen LogP contribution in [0.25, 0.3) is 0 Å². The highest BCUT2D eigenvalue weighted by Gasteiger charge is 2.09. The Balaban J connectivity index is 1.48. The van der Waals surface area contributed by atoms with Crippen molar-refractivity contribution in [2.45, 2.75) is 12.8 Å². The average molecular weight is 399 g/mol. The molecule has 7 heteroatoms. The third-order valence-corrected chi connectivity index (χ3v) is 4.39. The molecule has 1 amide bonds. The van der Waals surface area contributed by atoms with Crippen LogP contribution in [0.4, 0.5) is 10.3 Å². The number of halogens is 2. The molecule has 0 aliphatic carbocycles. The number of aromatic nitrogens is 2. The van der Waals surface area contributed by atoms with Gasteiger partial charge in [0.1, 0.15) is 11.5 Å². The van der Waals surface area contributed by atoms with Gasteiger partial charge in [-0.1, -0.05) is 41.9 Å². The SMILES string of the molecule is O=C(NCCc1ccccc1F)c1ccnc(NCCc2ccc(Cl)cc2)n1. The second-order valence-electron chi connectivity index (χ2n) is 6.17. The maximum atomic E-state index is 13.6. The predicted octanol–water partition coefficient (Wildman–Crippen LogP) is 3.90. The molecular weight excluding hydrogens is 379 g/mol. The zero-order valence-corrected chi connectivity index (χ0v) is 15.9. The topological polar surface area (TPSA) is 66.9 Å². The number of hydrogen-bond acceptors (Lipinski definition) is 4. The molecular formula is C21H20ClFN4O. The summed E-state index contributed by atoms with van der Waals surface area (Å²) in [6.45, 7) is 0.948. The largest absolute Gasteiger partial charge is 0.354 e. The van der Waals surface area contributed by atoms with Crippen molar-refractivity contribution in [3.63, 3.8) is 0 Å². The van der Waals surface area contributed by atoms with Crippen molar-refractivity contribution in [2.75, 3.05) is 18.4 Å². The van der Waals surface area contributed by atoms with Gasteiger partial charge in [0.15, 0.2) is 0 Å². The first-order valence-electron chi connectivity index (χ1n) is 8.95. The maximum Gasteiger partial charge on any atom is 0.270 e. The van der Waals surface area contributed by atoms with Crippen LogP contribution >= 0.6 is 11.6 Å². The van der Waals surface area contributed by atoms with Crippen LogP contribution in [0.3, 0.4) is 0 Å². The van der Waals surface area contributed by atoms with E-state index in [0.717, 1.165) is 12.0 Å². The lowest BCUT2D eigenvalue weighted by atomic mass is 10.1. The Kier molecular flexibility index (Phi) is 6.92. The van der Waals surface area contributed by atoms with Crippen LogP contribution in [0, 0.1) is 5.82 Å². The number of anilines is 1. The van der Waals surface area contributed by atoms with Crippen molar-refractivity contribution in [1.82, 2.24) is 15.3 Å². The second kappa shape index (κ2) is 9.80. The van der Waals surface area contributed by atoms with Crippen molar-refractivity contribution in [3.8, 4) is 0 Å². The van der Waals surface area contributed by atoms with Gasteiger partial charge in [-0.2, -0.15) is 0 Å². The number of carbonyl (C=O) groups is 1. The third-order valence-electron chi connectivity index (χ3n) is 4.14. The average Bonchev–Trinajstić information content (AvgIpc) is 2.71. The highest BCUT2D eigenvalue weighted by molar-refractivity contribution is 6.30. The quantitative estimate of drug-likeness (QED) is 0.604. The first kappa shape index (κ1) is 19.8. The Hall–Kier alpha value is -2.99. The van der Waals surface area contributed by atoms with E-state index in [1.807, 2.05) is 24.3 Å². The predicted molar refractivity (Wildman–Crippen MR) is 108 cm³/mol. The fourth-order valence-corrected chi connectivity index (χ4v) is 2.77. The van der Waals surface area contributed by atoms with Crippen LogP contribution in [0.15, 0.2) is 60.8 Å². The van der Waals surface area contributed by atoms with Gasteiger partial charge in [-0.25, -0.2) is 14.4 Å². The van der Waals surface area contributed by atoms with Crippen molar-refractivity contribution in [2.24, 2.45) is 0 Å². The highest BCUT2D eigenvalue weighted by Crippen LogP contribution is 2.10. The lowest BCUT2D eigenvalue weighted by Crippen LogP contribution is -2.27. The van der Waals surface area contributed by atoms with E-state index in [4.69, 9.17) is 11.6 Å². The molecule has 0 saturated heterocycles. The summed E-state index contributed by atoms with van der Waals surface area (Å²) in [7, 11) is 0. The van der Waals surface area contributed by atoms with Gasteiger partial charge in [0, 0.05) is 24.3 Å². The fourth-order valence-electron chi connectivity index (χ4n) is 2.64. The molecule has 2 aromatic carbocycles. The minimum Gasteiger partial charge on any atom is -0.354 e.